The van der Waals surface area contributed by atoms with Gasteiger partial charge >= 0.3 is 5.69 Å². The minimum Gasteiger partial charge on any atom is -0.383 e. The van der Waals surface area contributed by atoms with Gasteiger partial charge in [-0.25, -0.2) is 9.79 Å². The van der Waals surface area contributed by atoms with Crippen LogP contribution in [0.1, 0.15) is 18.9 Å². The molecular weight excluding hydrogens is 417 g/mol. The third-order valence-electron chi connectivity index (χ3n) is 4.76. The Labute approximate surface area is 178 Å². The maximum Gasteiger partial charge on any atom is 0.328 e. The largest absolute Gasteiger partial charge is 0.383 e. The maximum absolute atomic E-state index is 12.7. The van der Waals surface area contributed by atoms with Crippen molar-refractivity contribution in [3.8, 4) is 0 Å². The van der Waals surface area contributed by atoms with Crippen LogP contribution in [0.4, 0.5) is 0 Å². The normalized spacial score (nSPS) is 13.9. The molecule has 2 rings (SSSR count). The van der Waals surface area contributed by atoms with Crippen LogP contribution >= 0.6 is 23.2 Å². The summed E-state index contributed by atoms with van der Waals surface area (Å²) in [4.78, 5) is 30.0. The van der Waals surface area contributed by atoms with Crippen LogP contribution in [0.5, 0.6) is 0 Å². The molecule has 0 bridgehead atoms. The zero-order chi connectivity index (χ0) is 21.9. The van der Waals surface area contributed by atoms with Gasteiger partial charge in [0.15, 0.2) is 10.5 Å². The van der Waals surface area contributed by atoms with Crippen LogP contribution in [-0.2, 0) is 25.4 Å². The predicted molar refractivity (Wildman–Crippen MR) is 116 cm³/mol. The number of amidine groups is 1. The van der Waals surface area contributed by atoms with E-state index >= 15 is 0 Å². The lowest BCUT2D eigenvalue weighted by Gasteiger charge is -2.28. The van der Waals surface area contributed by atoms with E-state index in [2.05, 4.69) is 10.3 Å². The van der Waals surface area contributed by atoms with Gasteiger partial charge in [0.1, 0.15) is 11.9 Å². The van der Waals surface area contributed by atoms with Crippen LogP contribution in [0.15, 0.2) is 39.0 Å². The van der Waals surface area contributed by atoms with Gasteiger partial charge in [-0.2, -0.15) is 0 Å². The summed E-state index contributed by atoms with van der Waals surface area (Å²) in [6, 6.07) is 5.04. The molecule has 0 aliphatic carbocycles. The highest BCUT2D eigenvalue weighted by molar-refractivity contribution is 6.64. The lowest BCUT2D eigenvalue weighted by atomic mass is 10.1. The van der Waals surface area contributed by atoms with E-state index < -0.39 is 6.04 Å². The monoisotopic (exact) mass is 441 g/mol. The van der Waals surface area contributed by atoms with Crippen molar-refractivity contribution in [3.05, 3.63) is 45.2 Å². The number of nitrogens with two attached hydrogens (primary N) is 2. The molecule has 9 nitrogen and oxygen atoms in total. The van der Waals surface area contributed by atoms with E-state index in [4.69, 9.17) is 34.7 Å². The fourth-order valence-corrected chi connectivity index (χ4v) is 3.42. The number of carbonyl (C=O) groups is 1. The van der Waals surface area contributed by atoms with Crippen LogP contribution in [0, 0.1) is 0 Å². The lowest BCUT2D eigenvalue weighted by Crippen LogP contribution is -2.45. The third-order valence-corrected chi connectivity index (χ3v) is 5.12. The summed E-state index contributed by atoms with van der Waals surface area (Å²) in [5, 5.41) is 2.54. The van der Waals surface area contributed by atoms with Crippen LogP contribution in [0.25, 0.3) is 11.0 Å². The molecule has 0 aliphatic rings. The molecule has 0 saturated carbocycles. The first-order valence-electron chi connectivity index (χ1n) is 8.88. The van der Waals surface area contributed by atoms with Crippen molar-refractivity contribution in [1.29, 1.82) is 0 Å². The first-order valence-corrected chi connectivity index (χ1v) is 9.63. The lowest BCUT2D eigenvalue weighted by molar-refractivity contribution is -0.125. The summed E-state index contributed by atoms with van der Waals surface area (Å²) >= 11 is 11.5. The number of carbonyl (C=O) groups excluding carboxylic acids is 1. The standard InChI is InChI=1S/C18H25Cl2N7O2/c1-5-11(25(2)15(21)14(19)24-17(20)22)16(28)23-9-10-6-7-12-13(8-10)27(4)18(29)26(12)3/h6-8,11H,5,9,21H2,1-4H3,(H2,22,24)(H,23,28)/b15-14+. The van der Waals surface area contributed by atoms with E-state index in [1.54, 1.807) is 30.3 Å². The Bertz CT molecular complexity index is 1030. The first kappa shape index (κ1) is 22.6. The minimum absolute atomic E-state index is 0.0815. The molecule has 1 atom stereocenters. The third kappa shape index (κ3) is 4.86. The second-order valence-electron chi connectivity index (χ2n) is 6.59. The SMILES string of the molecule is CCC(C(=O)NCc1ccc2c(c1)n(C)c(=O)n2C)N(C)/C(N)=C(Cl)/N=C(\N)Cl. The number of aliphatic imine (C=N–C) groups is 1. The Hall–Kier alpha value is -2.65. The number of aromatic nitrogens is 2. The number of hydrogen-bond acceptors (Lipinski definition) is 5. The number of benzene rings is 1. The zero-order valence-electron chi connectivity index (χ0n) is 16.7. The van der Waals surface area contributed by atoms with Crippen molar-refractivity contribution < 1.29 is 4.79 Å². The molecule has 2 aromatic rings. The van der Waals surface area contributed by atoms with Crippen molar-refractivity contribution in [1.82, 2.24) is 19.4 Å². The highest BCUT2D eigenvalue weighted by atomic mass is 35.5. The molecule has 1 amide bonds. The number of amides is 1. The highest BCUT2D eigenvalue weighted by Gasteiger charge is 2.23. The minimum atomic E-state index is -0.569. The number of aryl methyl sites for hydroxylation is 2. The van der Waals surface area contributed by atoms with Crippen LogP contribution < -0.4 is 22.5 Å². The van der Waals surface area contributed by atoms with E-state index in [1.807, 2.05) is 25.1 Å². The number of fused-ring (bicyclic) bond motifs is 1. The van der Waals surface area contributed by atoms with Gasteiger partial charge < -0.3 is 21.7 Å². The summed E-state index contributed by atoms with van der Waals surface area (Å²) < 4.78 is 3.15. The average molecular weight is 442 g/mol. The summed E-state index contributed by atoms with van der Waals surface area (Å²) in [6.07, 6.45) is 0.486. The number of hydrogen-bond donors (Lipinski definition) is 3. The Balaban J connectivity index is 2.16. The fourth-order valence-electron chi connectivity index (χ4n) is 3.07. The summed E-state index contributed by atoms with van der Waals surface area (Å²) in [5.74, 6) is -0.148. The Morgan fingerprint density at radius 3 is 2.45 bits per heavy atom. The molecule has 0 radical (unpaired) electrons. The average Bonchev–Trinajstić information content (AvgIpc) is 2.89. The zero-order valence-corrected chi connectivity index (χ0v) is 18.3. The maximum atomic E-state index is 12.7. The van der Waals surface area contributed by atoms with Crippen LogP contribution in [-0.4, -0.2) is 38.3 Å². The fraction of sp³-hybridized carbons (Fsp3) is 0.389. The van der Waals surface area contributed by atoms with Crippen molar-refractivity contribution in [2.24, 2.45) is 30.6 Å². The van der Waals surface area contributed by atoms with Gasteiger partial charge in [0.2, 0.25) is 5.91 Å². The molecular formula is C18H25Cl2N7O2. The molecule has 158 valence electrons. The topological polar surface area (TPSA) is 124 Å². The van der Waals surface area contributed by atoms with Crippen molar-refractivity contribution in [2.45, 2.75) is 25.9 Å². The molecule has 0 fully saturated rings. The van der Waals surface area contributed by atoms with E-state index in [0.29, 0.717) is 13.0 Å². The molecule has 11 heteroatoms. The number of imidazole rings is 1. The van der Waals surface area contributed by atoms with Gasteiger partial charge in [-0.3, -0.25) is 13.9 Å². The molecule has 5 N–H and O–H groups in total. The van der Waals surface area contributed by atoms with E-state index in [9.17, 15) is 9.59 Å². The predicted octanol–water partition coefficient (Wildman–Crippen LogP) is 1.08. The van der Waals surface area contributed by atoms with Crippen LogP contribution in [0.3, 0.4) is 0 Å². The van der Waals surface area contributed by atoms with Crippen molar-refractivity contribution in [3.63, 3.8) is 0 Å². The molecule has 1 heterocycles. The molecule has 1 unspecified atom stereocenters. The van der Waals surface area contributed by atoms with Crippen LogP contribution in [0.2, 0.25) is 0 Å². The van der Waals surface area contributed by atoms with E-state index in [1.165, 1.54) is 4.90 Å². The molecule has 1 aromatic heterocycles. The number of rotatable bonds is 7. The number of nitrogens with one attached hydrogen (secondary N) is 1. The molecule has 29 heavy (non-hydrogen) atoms. The second kappa shape index (κ2) is 9.23. The number of nitrogens with zero attached hydrogens (tertiary/aromatic N) is 4. The molecule has 1 aromatic carbocycles. The van der Waals surface area contributed by atoms with Crippen molar-refractivity contribution in [2.75, 3.05) is 7.05 Å². The summed E-state index contributed by atoms with van der Waals surface area (Å²) in [6.45, 7) is 2.15. The molecule has 0 saturated heterocycles. The van der Waals surface area contributed by atoms with Gasteiger partial charge in [-0.1, -0.05) is 24.6 Å². The van der Waals surface area contributed by atoms with Gasteiger partial charge in [-0.15, -0.1) is 0 Å². The molecule has 0 spiro atoms. The first-order chi connectivity index (χ1) is 13.6. The van der Waals surface area contributed by atoms with Gasteiger partial charge in [-0.05, 0) is 35.7 Å². The number of likely N-dealkylation sites (N-methyl/N-ethyl adjacent to an activating group) is 1. The number of halogens is 2. The Morgan fingerprint density at radius 2 is 1.86 bits per heavy atom. The summed E-state index contributed by atoms with van der Waals surface area (Å²) in [5.41, 5.74) is 13.6. The Morgan fingerprint density at radius 1 is 1.24 bits per heavy atom. The Kier molecular flexibility index (Phi) is 7.21. The van der Waals surface area contributed by atoms with E-state index in [0.717, 1.165) is 16.6 Å². The second-order valence-corrected chi connectivity index (χ2v) is 7.33. The quantitative estimate of drug-likeness (QED) is 0.336. The highest BCUT2D eigenvalue weighted by Crippen LogP contribution is 2.16. The summed E-state index contributed by atoms with van der Waals surface area (Å²) in [7, 11) is 5.07. The van der Waals surface area contributed by atoms with Crippen molar-refractivity contribution >= 4 is 45.4 Å². The molecule has 0 aliphatic heterocycles. The van der Waals surface area contributed by atoms with Gasteiger partial charge in [0, 0.05) is 27.7 Å². The van der Waals surface area contributed by atoms with Gasteiger partial charge in [0.05, 0.1) is 11.0 Å². The van der Waals surface area contributed by atoms with Gasteiger partial charge in [0.25, 0.3) is 0 Å². The van der Waals surface area contributed by atoms with E-state index in [-0.39, 0.29) is 27.9 Å². The smallest absolute Gasteiger partial charge is 0.328 e.